The number of likely N-dealkylation sites (tertiary alicyclic amines) is 1. The Morgan fingerprint density at radius 1 is 0.971 bits per heavy atom. The quantitative estimate of drug-likeness (QED) is 0.274. The Hall–Kier alpha value is -3.19. The van der Waals surface area contributed by atoms with Crippen molar-refractivity contribution in [1.29, 1.82) is 0 Å². The Bertz CT molecular complexity index is 1090. The average molecular weight is 475 g/mol. The van der Waals surface area contributed by atoms with Crippen molar-refractivity contribution < 1.29 is 4.74 Å². The molecule has 7 heteroatoms. The molecule has 0 atom stereocenters. The third-order valence-corrected chi connectivity index (χ3v) is 6.25. The lowest BCUT2D eigenvalue weighted by molar-refractivity contribution is 0.177. The Morgan fingerprint density at radius 3 is 2.51 bits per heavy atom. The van der Waals surface area contributed by atoms with Gasteiger partial charge in [-0.25, -0.2) is 0 Å². The fourth-order valence-corrected chi connectivity index (χ4v) is 4.48. The highest BCUT2D eigenvalue weighted by Gasteiger charge is 2.13. The molecular formula is C28H38N6O. The van der Waals surface area contributed by atoms with Crippen molar-refractivity contribution in [1.82, 2.24) is 14.9 Å². The van der Waals surface area contributed by atoms with Crippen LogP contribution in [0.15, 0.2) is 53.6 Å². The van der Waals surface area contributed by atoms with Gasteiger partial charge >= 0.3 is 6.01 Å². The van der Waals surface area contributed by atoms with Crippen LogP contribution in [0.4, 0.5) is 11.5 Å². The summed E-state index contributed by atoms with van der Waals surface area (Å²) in [5.41, 5.74) is 4.80. The molecule has 186 valence electrons. The molecule has 0 bridgehead atoms. The van der Waals surface area contributed by atoms with Crippen LogP contribution in [-0.4, -0.2) is 60.4 Å². The molecule has 1 fully saturated rings. The molecule has 3 aromatic rings. The lowest BCUT2D eigenvalue weighted by Crippen LogP contribution is -2.33. The van der Waals surface area contributed by atoms with Crippen molar-refractivity contribution in [3.63, 3.8) is 0 Å². The Balaban J connectivity index is 1.47. The van der Waals surface area contributed by atoms with Crippen LogP contribution in [0.5, 0.6) is 6.01 Å². The standard InChI is InChI=1S/C28H38N6O/c1-3-14-34(15-4-2)27-21-26(30-28(31-27)35-19-18-33-16-8-5-9-17-33)22-29-32-25-13-12-23-10-6-7-11-24(23)20-25/h6-7,10-13,20-22,32H,3-5,8-9,14-19H2,1-2H3/b29-22+. The van der Waals surface area contributed by atoms with Gasteiger partial charge in [0.25, 0.3) is 0 Å². The van der Waals surface area contributed by atoms with Crippen LogP contribution < -0.4 is 15.1 Å². The molecule has 7 nitrogen and oxygen atoms in total. The van der Waals surface area contributed by atoms with Gasteiger partial charge in [0.1, 0.15) is 12.4 Å². The van der Waals surface area contributed by atoms with E-state index in [1.807, 2.05) is 24.3 Å². The maximum absolute atomic E-state index is 6.04. The van der Waals surface area contributed by atoms with Crippen molar-refractivity contribution in [3.8, 4) is 6.01 Å². The van der Waals surface area contributed by atoms with E-state index >= 15 is 0 Å². The van der Waals surface area contributed by atoms with Gasteiger partial charge in [-0.2, -0.15) is 15.1 Å². The SMILES string of the molecule is CCCN(CCC)c1cc(/C=N/Nc2ccc3ccccc3c2)nc(OCCN2CCCCC2)n1. The van der Waals surface area contributed by atoms with E-state index in [1.165, 1.54) is 30.0 Å². The fraction of sp³-hybridized carbons (Fsp3) is 0.464. The highest BCUT2D eigenvalue weighted by atomic mass is 16.5. The van der Waals surface area contributed by atoms with E-state index in [9.17, 15) is 0 Å². The van der Waals surface area contributed by atoms with Crippen molar-refractivity contribution >= 4 is 28.5 Å². The molecule has 0 unspecified atom stereocenters. The lowest BCUT2D eigenvalue weighted by atomic mass is 10.1. The summed E-state index contributed by atoms with van der Waals surface area (Å²) in [6.45, 7) is 10.1. The first-order valence-corrected chi connectivity index (χ1v) is 13.0. The van der Waals surface area contributed by atoms with Gasteiger partial charge in [0, 0.05) is 25.7 Å². The molecule has 0 amide bonds. The first kappa shape index (κ1) is 24.9. The second kappa shape index (κ2) is 13.0. The Morgan fingerprint density at radius 2 is 1.74 bits per heavy atom. The summed E-state index contributed by atoms with van der Waals surface area (Å²) < 4.78 is 6.04. The van der Waals surface area contributed by atoms with Gasteiger partial charge in [-0.3, -0.25) is 10.3 Å². The van der Waals surface area contributed by atoms with E-state index in [0.717, 1.165) is 62.8 Å². The number of anilines is 2. The fourth-order valence-electron chi connectivity index (χ4n) is 4.48. The number of hydrazone groups is 1. The van der Waals surface area contributed by atoms with E-state index in [2.05, 4.69) is 63.4 Å². The van der Waals surface area contributed by atoms with Gasteiger partial charge in [-0.1, -0.05) is 50.6 Å². The zero-order valence-corrected chi connectivity index (χ0v) is 21.1. The number of nitrogens with one attached hydrogen (secondary N) is 1. The van der Waals surface area contributed by atoms with Crippen molar-refractivity contribution in [3.05, 3.63) is 54.2 Å². The van der Waals surface area contributed by atoms with Gasteiger partial charge in [-0.15, -0.1) is 0 Å². The topological polar surface area (TPSA) is 65.9 Å². The highest BCUT2D eigenvalue weighted by Crippen LogP contribution is 2.20. The molecule has 2 aromatic carbocycles. The highest BCUT2D eigenvalue weighted by molar-refractivity contribution is 5.86. The average Bonchev–Trinajstić information content (AvgIpc) is 2.89. The third kappa shape index (κ3) is 7.39. The maximum atomic E-state index is 6.04. The normalized spacial score (nSPS) is 14.5. The molecule has 35 heavy (non-hydrogen) atoms. The zero-order valence-electron chi connectivity index (χ0n) is 21.1. The smallest absolute Gasteiger partial charge is 0.319 e. The van der Waals surface area contributed by atoms with Crippen molar-refractivity contribution in [2.24, 2.45) is 5.10 Å². The molecular weight excluding hydrogens is 436 g/mol. The number of piperidine rings is 1. The molecule has 2 heterocycles. The van der Waals surface area contributed by atoms with Gasteiger partial charge < -0.3 is 9.64 Å². The van der Waals surface area contributed by atoms with Gasteiger partial charge in [0.15, 0.2) is 0 Å². The van der Waals surface area contributed by atoms with Crippen LogP contribution in [0.3, 0.4) is 0 Å². The molecule has 0 spiro atoms. The van der Waals surface area contributed by atoms with E-state index < -0.39 is 0 Å². The molecule has 4 rings (SSSR count). The van der Waals surface area contributed by atoms with Crippen LogP contribution in [0.2, 0.25) is 0 Å². The number of nitrogens with zero attached hydrogens (tertiary/aromatic N) is 5. The number of ether oxygens (including phenoxy) is 1. The number of aromatic nitrogens is 2. The molecule has 0 radical (unpaired) electrons. The molecule has 1 aliphatic rings. The summed E-state index contributed by atoms with van der Waals surface area (Å²) >= 11 is 0. The predicted molar refractivity (Wildman–Crippen MR) is 146 cm³/mol. The van der Waals surface area contributed by atoms with Gasteiger partial charge in [0.2, 0.25) is 0 Å². The lowest BCUT2D eigenvalue weighted by Gasteiger charge is -2.26. The summed E-state index contributed by atoms with van der Waals surface area (Å²) in [6.07, 6.45) is 7.75. The minimum absolute atomic E-state index is 0.420. The number of benzene rings is 2. The van der Waals surface area contributed by atoms with E-state index in [1.54, 1.807) is 6.21 Å². The number of fused-ring (bicyclic) bond motifs is 1. The van der Waals surface area contributed by atoms with Crippen LogP contribution in [0.1, 0.15) is 51.6 Å². The van der Waals surface area contributed by atoms with E-state index in [0.29, 0.717) is 12.6 Å². The third-order valence-electron chi connectivity index (χ3n) is 6.25. The summed E-state index contributed by atoms with van der Waals surface area (Å²) in [4.78, 5) is 14.1. The number of rotatable bonds is 12. The van der Waals surface area contributed by atoms with Crippen LogP contribution in [0.25, 0.3) is 10.8 Å². The molecule has 0 aliphatic carbocycles. The Labute approximate surface area is 209 Å². The summed E-state index contributed by atoms with van der Waals surface area (Å²) in [7, 11) is 0. The number of hydrogen-bond acceptors (Lipinski definition) is 7. The summed E-state index contributed by atoms with van der Waals surface area (Å²) in [5, 5.41) is 6.84. The second-order valence-electron chi connectivity index (χ2n) is 9.10. The molecule has 1 saturated heterocycles. The van der Waals surface area contributed by atoms with Gasteiger partial charge in [0.05, 0.1) is 17.6 Å². The van der Waals surface area contributed by atoms with Crippen LogP contribution >= 0.6 is 0 Å². The monoisotopic (exact) mass is 474 g/mol. The maximum Gasteiger partial charge on any atom is 0.319 e. The first-order chi connectivity index (χ1) is 17.2. The van der Waals surface area contributed by atoms with E-state index in [4.69, 9.17) is 9.72 Å². The first-order valence-electron chi connectivity index (χ1n) is 13.0. The molecule has 1 aromatic heterocycles. The second-order valence-corrected chi connectivity index (χ2v) is 9.10. The van der Waals surface area contributed by atoms with E-state index in [-0.39, 0.29) is 0 Å². The van der Waals surface area contributed by atoms with Gasteiger partial charge in [-0.05, 0) is 61.7 Å². The van der Waals surface area contributed by atoms with Crippen molar-refractivity contribution in [2.75, 3.05) is 49.7 Å². The molecule has 1 N–H and O–H groups in total. The predicted octanol–water partition coefficient (Wildman–Crippen LogP) is 5.57. The molecule has 0 saturated carbocycles. The molecule has 1 aliphatic heterocycles. The van der Waals surface area contributed by atoms with Crippen LogP contribution in [-0.2, 0) is 0 Å². The van der Waals surface area contributed by atoms with Crippen LogP contribution in [0, 0.1) is 0 Å². The summed E-state index contributed by atoms with van der Waals surface area (Å²) in [5.74, 6) is 0.892. The zero-order chi connectivity index (χ0) is 24.3. The van der Waals surface area contributed by atoms with Crippen molar-refractivity contribution in [2.45, 2.75) is 46.0 Å². The number of hydrogen-bond donors (Lipinski definition) is 1. The Kier molecular flexibility index (Phi) is 9.29. The largest absolute Gasteiger partial charge is 0.462 e. The minimum Gasteiger partial charge on any atom is -0.462 e. The minimum atomic E-state index is 0.420. The summed E-state index contributed by atoms with van der Waals surface area (Å²) in [6, 6.07) is 16.9.